The normalized spacial score (nSPS) is 11.1. The lowest BCUT2D eigenvalue weighted by Crippen LogP contribution is -2.29. The molecule has 37 heavy (non-hydrogen) atoms. The SMILES string of the molecule is COc1cc(N(C)CCN(C)C)c(NC(=O)CCCl)cc1Nc1nccc(-c2c[nH]c3ccccc23)n1. The predicted octanol–water partition coefficient (Wildman–Crippen LogP) is 4.94. The summed E-state index contributed by atoms with van der Waals surface area (Å²) < 4.78 is 5.71. The van der Waals surface area contributed by atoms with Crippen molar-refractivity contribution in [3.8, 4) is 17.0 Å². The molecule has 4 rings (SSSR count). The van der Waals surface area contributed by atoms with Crippen molar-refractivity contribution in [2.24, 2.45) is 0 Å². The maximum atomic E-state index is 12.5. The molecule has 0 atom stereocenters. The van der Waals surface area contributed by atoms with Crippen molar-refractivity contribution in [2.75, 3.05) is 62.8 Å². The zero-order chi connectivity index (χ0) is 26.4. The first kappa shape index (κ1) is 26.2. The number of nitrogens with zero attached hydrogens (tertiary/aromatic N) is 4. The van der Waals surface area contributed by atoms with Crippen LogP contribution in [0.1, 0.15) is 6.42 Å². The van der Waals surface area contributed by atoms with E-state index in [9.17, 15) is 4.79 Å². The number of para-hydroxylation sites is 1. The van der Waals surface area contributed by atoms with Gasteiger partial charge in [-0.3, -0.25) is 4.79 Å². The van der Waals surface area contributed by atoms with E-state index in [-0.39, 0.29) is 18.2 Å². The third-order valence-electron chi connectivity index (χ3n) is 5.97. The number of hydrogen-bond donors (Lipinski definition) is 3. The van der Waals surface area contributed by atoms with Gasteiger partial charge in [0.25, 0.3) is 0 Å². The first-order chi connectivity index (χ1) is 17.9. The van der Waals surface area contributed by atoms with Gasteiger partial charge in [0.15, 0.2) is 0 Å². The Labute approximate surface area is 221 Å². The number of fused-ring (bicyclic) bond motifs is 1. The molecule has 0 saturated carbocycles. The Balaban J connectivity index is 1.68. The van der Waals surface area contributed by atoms with Crippen molar-refractivity contribution in [1.29, 1.82) is 0 Å². The molecular formula is C27H32ClN7O2. The first-order valence-electron chi connectivity index (χ1n) is 12.0. The van der Waals surface area contributed by atoms with Crippen LogP contribution in [0, 0.1) is 0 Å². The van der Waals surface area contributed by atoms with Crippen molar-refractivity contribution >= 4 is 51.4 Å². The zero-order valence-corrected chi connectivity index (χ0v) is 22.3. The van der Waals surface area contributed by atoms with Crippen LogP contribution < -0.4 is 20.3 Å². The summed E-state index contributed by atoms with van der Waals surface area (Å²) in [6.07, 6.45) is 3.87. The number of ether oxygens (including phenoxy) is 1. The monoisotopic (exact) mass is 521 g/mol. The smallest absolute Gasteiger partial charge is 0.227 e. The molecular weight excluding hydrogens is 490 g/mol. The number of carbonyl (C=O) groups is 1. The van der Waals surface area contributed by atoms with Crippen LogP contribution >= 0.6 is 11.6 Å². The molecule has 10 heteroatoms. The number of benzene rings is 2. The molecule has 2 aromatic heterocycles. The third kappa shape index (κ3) is 6.31. The second kappa shape index (κ2) is 11.9. The summed E-state index contributed by atoms with van der Waals surface area (Å²) in [4.78, 5) is 29.1. The molecule has 0 fully saturated rings. The van der Waals surface area contributed by atoms with Gasteiger partial charge in [-0.05, 0) is 32.3 Å². The Hall–Kier alpha value is -3.82. The summed E-state index contributed by atoms with van der Waals surface area (Å²) in [7, 11) is 7.64. The van der Waals surface area contributed by atoms with E-state index in [0.29, 0.717) is 23.1 Å². The average molecular weight is 522 g/mol. The molecule has 0 spiro atoms. The Bertz CT molecular complexity index is 1370. The topological polar surface area (TPSA) is 98.4 Å². The van der Waals surface area contributed by atoms with Crippen LogP contribution in [0.4, 0.5) is 23.0 Å². The number of halogens is 1. The van der Waals surface area contributed by atoms with Gasteiger partial charge in [0.2, 0.25) is 11.9 Å². The second-order valence-corrected chi connectivity index (χ2v) is 9.30. The number of hydrogen-bond acceptors (Lipinski definition) is 7. The number of methoxy groups -OCH3 is 1. The van der Waals surface area contributed by atoms with Crippen molar-refractivity contribution in [1.82, 2.24) is 19.9 Å². The first-order valence-corrected chi connectivity index (χ1v) is 12.5. The fraction of sp³-hybridized carbons (Fsp3) is 0.296. The van der Waals surface area contributed by atoms with Crippen LogP contribution in [0.5, 0.6) is 5.75 Å². The molecule has 2 heterocycles. The molecule has 0 unspecified atom stereocenters. The average Bonchev–Trinajstić information content (AvgIpc) is 3.32. The van der Waals surface area contributed by atoms with Crippen LogP contribution in [-0.2, 0) is 4.79 Å². The van der Waals surface area contributed by atoms with E-state index in [4.69, 9.17) is 21.3 Å². The molecule has 9 nitrogen and oxygen atoms in total. The molecule has 0 aliphatic heterocycles. The Morgan fingerprint density at radius 2 is 1.92 bits per heavy atom. The number of alkyl halides is 1. The number of carbonyl (C=O) groups excluding carboxylic acids is 1. The zero-order valence-electron chi connectivity index (χ0n) is 21.5. The Kier molecular flexibility index (Phi) is 8.47. The second-order valence-electron chi connectivity index (χ2n) is 8.92. The number of aromatic nitrogens is 3. The van der Waals surface area contributed by atoms with Gasteiger partial charge >= 0.3 is 0 Å². The van der Waals surface area contributed by atoms with Crippen LogP contribution in [0.2, 0.25) is 0 Å². The van der Waals surface area contributed by atoms with E-state index in [1.807, 2.05) is 63.7 Å². The maximum Gasteiger partial charge on any atom is 0.227 e. The predicted molar refractivity (Wildman–Crippen MR) is 151 cm³/mol. The molecule has 0 radical (unpaired) electrons. The fourth-order valence-electron chi connectivity index (χ4n) is 3.99. The number of aromatic amines is 1. The summed E-state index contributed by atoms with van der Waals surface area (Å²) in [6, 6.07) is 13.7. The number of rotatable bonds is 11. The van der Waals surface area contributed by atoms with Gasteiger partial charge in [0.1, 0.15) is 5.75 Å². The van der Waals surface area contributed by atoms with E-state index in [0.717, 1.165) is 40.9 Å². The standard InChI is InChI=1S/C27H32ClN7O2/c1-34(2)13-14-35(3)24-16-25(37-4)23(15-22(24)31-26(36)9-11-28)33-27-29-12-10-21(32-27)19-17-30-20-8-6-5-7-18(19)20/h5-8,10,12,15-17,30H,9,11,13-14H2,1-4H3,(H,31,36)(H,29,32,33). The number of anilines is 4. The Morgan fingerprint density at radius 3 is 2.68 bits per heavy atom. The highest BCUT2D eigenvalue weighted by molar-refractivity contribution is 6.19. The highest BCUT2D eigenvalue weighted by Gasteiger charge is 2.17. The molecule has 0 saturated heterocycles. The largest absolute Gasteiger partial charge is 0.494 e. The van der Waals surface area contributed by atoms with Crippen LogP contribution in [0.15, 0.2) is 54.9 Å². The maximum absolute atomic E-state index is 12.5. The lowest BCUT2D eigenvalue weighted by atomic mass is 10.1. The van der Waals surface area contributed by atoms with Crippen molar-refractivity contribution in [2.45, 2.75) is 6.42 Å². The van der Waals surface area contributed by atoms with E-state index >= 15 is 0 Å². The van der Waals surface area contributed by atoms with Gasteiger partial charge in [0, 0.05) is 67.4 Å². The number of nitrogens with one attached hydrogen (secondary N) is 3. The summed E-state index contributed by atoms with van der Waals surface area (Å²) in [6.45, 7) is 1.61. The Morgan fingerprint density at radius 1 is 1.11 bits per heavy atom. The third-order valence-corrected chi connectivity index (χ3v) is 6.16. The molecule has 194 valence electrons. The quantitative estimate of drug-likeness (QED) is 0.240. The molecule has 2 aromatic carbocycles. The lowest BCUT2D eigenvalue weighted by molar-refractivity contribution is -0.115. The van der Waals surface area contributed by atoms with Crippen molar-refractivity contribution < 1.29 is 9.53 Å². The summed E-state index contributed by atoms with van der Waals surface area (Å²) >= 11 is 5.80. The van der Waals surface area contributed by atoms with Gasteiger partial charge in [-0.2, -0.15) is 0 Å². The van der Waals surface area contributed by atoms with Crippen LogP contribution in [0.25, 0.3) is 22.2 Å². The molecule has 0 bridgehead atoms. The minimum absolute atomic E-state index is 0.161. The lowest BCUT2D eigenvalue weighted by Gasteiger charge is -2.26. The molecule has 0 aliphatic rings. The van der Waals surface area contributed by atoms with E-state index in [2.05, 4.69) is 36.5 Å². The molecule has 4 aromatic rings. The van der Waals surface area contributed by atoms with Crippen molar-refractivity contribution in [3.05, 3.63) is 54.9 Å². The van der Waals surface area contributed by atoms with Gasteiger partial charge in [-0.15, -0.1) is 11.6 Å². The minimum atomic E-state index is -0.161. The molecule has 0 aliphatic carbocycles. The van der Waals surface area contributed by atoms with Gasteiger partial charge in [-0.1, -0.05) is 18.2 Å². The van der Waals surface area contributed by atoms with E-state index in [1.54, 1.807) is 13.3 Å². The highest BCUT2D eigenvalue weighted by atomic mass is 35.5. The summed E-state index contributed by atoms with van der Waals surface area (Å²) in [5.41, 5.74) is 4.92. The number of likely N-dealkylation sites (N-methyl/N-ethyl adjacent to an activating group) is 2. The van der Waals surface area contributed by atoms with E-state index in [1.165, 1.54) is 0 Å². The summed E-state index contributed by atoms with van der Waals surface area (Å²) in [5.74, 6) is 1.09. The van der Waals surface area contributed by atoms with E-state index < -0.39 is 0 Å². The van der Waals surface area contributed by atoms with Crippen molar-refractivity contribution in [3.63, 3.8) is 0 Å². The van der Waals surface area contributed by atoms with Gasteiger partial charge in [-0.25, -0.2) is 9.97 Å². The minimum Gasteiger partial charge on any atom is -0.494 e. The van der Waals surface area contributed by atoms with Crippen LogP contribution in [0.3, 0.4) is 0 Å². The molecule has 3 N–H and O–H groups in total. The summed E-state index contributed by atoms with van der Waals surface area (Å²) in [5, 5.41) is 7.35. The van der Waals surface area contributed by atoms with Crippen LogP contribution in [-0.4, -0.2) is 73.0 Å². The molecule has 1 amide bonds. The van der Waals surface area contributed by atoms with Gasteiger partial charge < -0.3 is 30.2 Å². The highest BCUT2D eigenvalue weighted by Crippen LogP contribution is 2.38. The fourth-order valence-corrected chi connectivity index (χ4v) is 4.17. The van der Waals surface area contributed by atoms with Gasteiger partial charge in [0.05, 0.1) is 29.9 Å². The number of H-pyrrole nitrogens is 1. The number of amides is 1.